The Bertz CT molecular complexity index is 2430. The molecule has 3 saturated heterocycles. The second-order valence-corrected chi connectivity index (χ2v) is 18.3. The largest absolute Gasteiger partial charge is 0.489 e. The third-order valence-electron chi connectivity index (χ3n) is 13.4. The molecule has 13 heteroatoms. The molecule has 5 aliphatic heterocycles. The SMILES string of the molecule is CC1(C)[C@H](Oc2ccc(C#N)c(Cl)c2)C(C)(C)[C@H]1N1Cc2cc(C#CC3CCN(C4CN(c5ccc6c(c5)C(=O)N(C5CCC(=O)NC5=O)C6=O)C4)CC3)ccc2C1=O. The van der Waals surface area contributed by atoms with E-state index in [1.807, 2.05) is 23.1 Å². The highest BCUT2D eigenvalue weighted by Crippen LogP contribution is 2.59. The Kier molecular flexibility index (Phi) is 9.37. The fourth-order valence-electron chi connectivity index (χ4n) is 10.8. The van der Waals surface area contributed by atoms with E-state index in [1.165, 1.54) is 0 Å². The van der Waals surface area contributed by atoms with Crippen molar-refractivity contribution in [2.75, 3.05) is 31.1 Å². The fraction of sp³-hybridized carbons (Fsp3) is 0.435. The van der Waals surface area contributed by atoms with Crippen LogP contribution in [-0.4, -0.2) is 94.6 Å². The number of anilines is 1. The number of nitrogens with zero attached hydrogens (tertiary/aromatic N) is 5. The van der Waals surface area contributed by atoms with Gasteiger partial charge < -0.3 is 14.5 Å². The molecule has 0 radical (unpaired) electrons. The zero-order valence-corrected chi connectivity index (χ0v) is 34.3. The van der Waals surface area contributed by atoms with Gasteiger partial charge in [0.1, 0.15) is 24.0 Å². The molecule has 4 fully saturated rings. The van der Waals surface area contributed by atoms with Gasteiger partial charge in [0.2, 0.25) is 11.8 Å². The first-order valence-corrected chi connectivity index (χ1v) is 20.7. The molecule has 6 aliphatic rings. The molecule has 5 heterocycles. The van der Waals surface area contributed by atoms with Crippen molar-refractivity contribution in [3.8, 4) is 23.7 Å². The van der Waals surface area contributed by atoms with Crippen molar-refractivity contribution in [1.29, 1.82) is 5.26 Å². The Balaban J connectivity index is 0.777. The number of likely N-dealkylation sites (tertiary alicyclic amines) is 1. The molecular weight excluding hydrogens is 768 g/mol. The Morgan fingerprint density at radius 3 is 2.24 bits per heavy atom. The molecular formula is C46H45ClN6O6. The Hall–Kier alpha value is -5.69. The van der Waals surface area contributed by atoms with Crippen LogP contribution in [0.2, 0.25) is 5.02 Å². The van der Waals surface area contributed by atoms with Crippen molar-refractivity contribution in [3.63, 3.8) is 0 Å². The van der Waals surface area contributed by atoms with Crippen LogP contribution < -0.4 is 15.0 Å². The molecule has 1 N–H and O–H groups in total. The van der Waals surface area contributed by atoms with Gasteiger partial charge in [0, 0.05) is 77.8 Å². The first-order valence-electron chi connectivity index (χ1n) is 20.3. The van der Waals surface area contributed by atoms with Crippen LogP contribution in [0.1, 0.15) is 101 Å². The Morgan fingerprint density at radius 1 is 0.831 bits per heavy atom. The maximum Gasteiger partial charge on any atom is 0.262 e. The number of fused-ring (bicyclic) bond motifs is 2. The number of amides is 5. The van der Waals surface area contributed by atoms with Gasteiger partial charge in [-0.05, 0) is 86.4 Å². The number of nitrogens with one attached hydrogen (secondary N) is 1. The van der Waals surface area contributed by atoms with Crippen LogP contribution in [0.5, 0.6) is 5.75 Å². The molecule has 0 aromatic heterocycles. The third-order valence-corrected chi connectivity index (χ3v) is 13.8. The van der Waals surface area contributed by atoms with E-state index in [9.17, 15) is 29.2 Å². The van der Waals surface area contributed by atoms with E-state index in [1.54, 1.807) is 30.3 Å². The normalized spacial score (nSPS) is 25.1. The van der Waals surface area contributed by atoms with E-state index < -0.39 is 29.7 Å². The summed E-state index contributed by atoms with van der Waals surface area (Å²) in [6.07, 6.45) is 1.98. The molecule has 5 amide bonds. The minimum atomic E-state index is -0.979. The summed E-state index contributed by atoms with van der Waals surface area (Å²) in [5.74, 6) is 5.85. The average Bonchev–Trinajstić information content (AvgIpc) is 3.62. The summed E-state index contributed by atoms with van der Waals surface area (Å²) in [5.41, 5.74) is 3.80. The molecule has 12 nitrogen and oxygen atoms in total. The first kappa shape index (κ1) is 38.8. The second kappa shape index (κ2) is 14.2. The molecule has 3 aromatic carbocycles. The number of hydrogen-bond acceptors (Lipinski definition) is 9. The van der Waals surface area contributed by atoms with Gasteiger partial charge in [0.25, 0.3) is 17.7 Å². The van der Waals surface area contributed by atoms with Crippen molar-refractivity contribution < 1.29 is 28.7 Å². The predicted molar refractivity (Wildman–Crippen MR) is 219 cm³/mol. The van der Waals surface area contributed by atoms with Crippen LogP contribution >= 0.6 is 11.6 Å². The van der Waals surface area contributed by atoms with Gasteiger partial charge in [0.05, 0.1) is 21.7 Å². The number of rotatable bonds is 6. The zero-order valence-electron chi connectivity index (χ0n) is 33.5. The lowest BCUT2D eigenvalue weighted by atomic mass is 9.49. The number of nitriles is 1. The lowest BCUT2D eigenvalue weighted by molar-refractivity contribution is -0.199. The van der Waals surface area contributed by atoms with Crippen LogP contribution in [0.4, 0.5) is 5.69 Å². The molecule has 302 valence electrons. The number of piperidine rings is 2. The minimum Gasteiger partial charge on any atom is -0.489 e. The minimum absolute atomic E-state index is 0.0312. The number of carbonyl (C=O) groups excluding carboxylic acids is 5. The molecule has 59 heavy (non-hydrogen) atoms. The smallest absolute Gasteiger partial charge is 0.262 e. The lowest BCUT2D eigenvalue weighted by Gasteiger charge is -2.65. The quantitative estimate of drug-likeness (QED) is 0.256. The van der Waals surface area contributed by atoms with Crippen LogP contribution in [0.3, 0.4) is 0 Å². The van der Waals surface area contributed by atoms with Gasteiger partial charge in [-0.1, -0.05) is 51.1 Å². The number of hydrogen-bond donors (Lipinski definition) is 1. The van der Waals surface area contributed by atoms with Gasteiger partial charge >= 0.3 is 0 Å². The molecule has 1 aliphatic carbocycles. The molecule has 9 rings (SSSR count). The number of carbonyl (C=O) groups is 5. The van der Waals surface area contributed by atoms with Gasteiger partial charge in [-0.3, -0.25) is 39.1 Å². The maximum absolute atomic E-state index is 13.8. The van der Waals surface area contributed by atoms with Crippen LogP contribution in [-0.2, 0) is 16.1 Å². The van der Waals surface area contributed by atoms with Crippen LogP contribution in [0.15, 0.2) is 54.6 Å². The van der Waals surface area contributed by atoms with E-state index in [0.29, 0.717) is 34.5 Å². The first-order chi connectivity index (χ1) is 28.1. The standard InChI is InChI=1S/C46H45ClN6O6/c1-45(2)43(46(3,4)44(45)59-32-10-8-28(22-48)36(47)21-32)52-23-29-19-27(7-11-33(29)40(52)56)6-5-26-15-17-50(18-16-26)31-24-51(25-31)30-9-12-34-35(20-30)42(58)53(41(34)57)37-13-14-38(54)49-39(37)55/h7-12,19-21,26,31,37,43-44H,13-18,23-25H2,1-4H3,(H,49,54,55)/t37?,43-,44-. The highest BCUT2D eigenvalue weighted by atomic mass is 35.5. The van der Waals surface area contributed by atoms with Crippen molar-refractivity contribution >= 4 is 46.8 Å². The van der Waals surface area contributed by atoms with E-state index in [4.69, 9.17) is 16.3 Å². The summed E-state index contributed by atoms with van der Waals surface area (Å²) in [6, 6.07) is 17.8. The molecule has 1 saturated carbocycles. The van der Waals surface area contributed by atoms with Gasteiger partial charge in [-0.25, -0.2) is 0 Å². The molecule has 1 atom stereocenters. The summed E-state index contributed by atoms with van der Waals surface area (Å²) >= 11 is 6.29. The monoisotopic (exact) mass is 812 g/mol. The van der Waals surface area contributed by atoms with Crippen LogP contribution in [0.25, 0.3) is 0 Å². The number of ether oxygens (including phenoxy) is 1. The van der Waals surface area contributed by atoms with Gasteiger partial charge in [-0.2, -0.15) is 5.26 Å². The predicted octanol–water partition coefficient (Wildman–Crippen LogP) is 5.40. The van der Waals surface area contributed by atoms with E-state index >= 15 is 0 Å². The second-order valence-electron chi connectivity index (χ2n) is 17.9. The van der Waals surface area contributed by atoms with Crippen LogP contribution in [0, 0.1) is 39.9 Å². The fourth-order valence-corrected chi connectivity index (χ4v) is 11.0. The molecule has 0 spiro atoms. The highest BCUT2D eigenvalue weighted by Gasteiger charge is 2.67. The highest BCUT2D eigenvalue weighted by molar-refractivity contribution is 6.31. The molecule has 1 unspecified atom stereocenters. The third kappa shape index (κ3) is 6.45. The average molecular weight is 813 g/mol. The van der Waals surface area contributed by atoms with E-state index in [-0.39, 0.29) is 53.2 Å². The topological polar surface area (TPSA) is 143 Å². The molecule has 0 bridgehead atoms. The Morgan fingerprint density at radius 2 is 1.54 bits per heavy atom. The number of benzene rings is 3. The summed E-state index contributed by atoms with van der Waals surface area (Å²) in [5, 5.41) is 11.9. The van der Waals surface area contributed by atoms with E-state index in [0.717, 1.165) is 66.3 Å². The summed E-state index contributed by atoms with van der Waals surface area (Å²) in [4.78, 5) is 72.0. The number of halogens is 1. The maximum atomic E-state index is 13.8. The Labute approximate surface area is 348 Å². The van der Waals surface area contributed by atoms with Gasteiger partial charge in [-0.15, -0.1) is 0 Å². The van der Waals surface area contributed by atoms with Crippen molar-refractivity contribution in [2.24, 2.45) is 16.7 Å². The van der Waals surface area contributed by atoms with Gasteiger partial charge in [0.15, 0.2) is 0 Å². The van der Waals surface area contributed by atoms with Crippen molar-refractivity contribution in [1.82, 2.24) is 20.0 Å². The zero-order chi connectivity index (χ0) is 41.5. The summed E-state index contributed by atoms with van der Waals surface area (Å²) in [7, 11) is 0. The van der Waals surface area contributed by atoms with Crippen molar-refractivity contribution in [3.05, 3.63) is 93.0 Å². The van der Waals surface area contributed by atoms with E-state index in [2.05, 4.69) is 66.8 Å². The summed E-state index contributed by atoms with van der Waals surface area (Å²) < 4.78 is 6.48. The molecule has 3 aromatic rings. The summed E-state index contributed by atoms with van der Waals surface area (Å²) in [6.45, 7) is 12.6. The van der Waals surface area contributed by atoms with Crippen molar-refractivity contribution in [2.45, 2.75) is 84.2 Å². The number of imide groups is 2. The lowest BCUT2D eigenvalue weighted by Crippen LogP contribution is -2.74.